The van der Waals surface area contributed by atoms with Crippen molar-refractivity contribution in [2.45, 2.75) is 38.6 Å². The van der Waals surface area contributed by atoms with E-state index in [2.05, 4.69) is 17.3 Å². The first kappa shape index (κ1) is 16.0. The van der Waals surface area contributed by atoms with Crippen LogP contribution in [0.2, 0.25) is 5.02 Å². The largest absolute Gasteiger partial charge is 0.268 e. The van der Waals surface area contributed by atoms with Crippen LogP contribution in [-0.2, 0) is 6.54 Å². The first-order valence-electron chi connectivity index (χ1n) is 8.23. The Morgan fingerprint density at radius 2 is 1.83 bits per heavy atom. The zero-order valence-electron chi connectivity index (χ0n) is 13.1. The maximum Gasteiger partial charge on any atom is 0.267 e. The number of benzene rings is 1. The van der Waals surface area contributed by atoms with Crippen LogP contribution >= 0.6 is 11.6 Å². The highest BCUT2D eigenvalue weighted by Crippen LogP contribution is 2.24. The molecule has 0 N–H and O–H groups in total. The fraction of sp³-hybridized carbons (Fsp3) is 0.368. The van der Waals surface area contributed by atoms with Crippen molar-refractivity contribution in [2.75, 3.05) is 0 Å². The highest BCUT2D eigenvalue weighted by Gasteiger charge is 2.09. The molecule has 1 fully saturated rings. The molecular weight excluding hydrogens is 308 g/mol. The van der Waals surface area contributed by atoms with Crippen LogP contribution in [0.5, 0.6) is 0 Å². The number of hydrogen-bond acceptors (Lipinski definition) is 2. The van der Waals surface area contributed by atoms with Crippen LogP contribution in [0.25, 0.3) is 11.3 Å². The second-order valence-electron chi connectivity index (χ2n) is 6.07. The second-order valence-corrected chi connectivity index (χ2v) is 6.51. The Kier molecular flexibility index (Phi) is 5.29. The van der Waals surface area contributed by atoms with Gasteiger partial charge in [0.25, 0.3) is 5.56 Å². The van der Waals surface area contributed by atoms with E-state index in [1.165, 1.54) is 36.8 Å². The number of halogens is 1. The molecule has 0 saturated heterocycles. The van der Waals surface area contributed by atoms with Gasteiger partial charge in [-0.05, 0) is 37.0 Å². The maximum absolute atomic E-state index is 12.0. The Bertz CT molecular complexity index is 728. The fourth-order valence-electron chi connectivity index (χ4n) is 3.03. The SMILES string of the molecule is O=c1ccc(-c2ccc(Cl)cc2)nn1CC=CC1CCCCC1. The van der Waals surface area contributed by atoms with Gasteiger partial charge in [0.2, 0.25) is 0 Å². The lowest BCUT2D eigenvalue weighted by atomic mass is 9.89. The van der Waals surface area contributed by atoms with Crippen LogP contribution in [0, 0.1) is 5.92 Å². The first-order valence-corrected chi connectivity index (χ1v) is 8.61. The van der Waals surface area contributed by atoms with Gasteiger partial charge in [-0.3, -0.25) is 4.79 Å². The number of aromatic nitrogens is 2. The zero-order valence-corrected chi connectivity index (χ0v) is 13.9. The summed E-state index contributed by atoms with van der Waals surface area (Å²) in [6.07, 6.45) is 10.9. The van der Waals surface area contributed by atoms with Crippen molar-refractivity contribution in [3.8, 4) is 11.3 Å². The van der Waals surface area contributed by atoms with E-state index in [1.54, 1.807) is 12.1 Å². The number of rotatable bonds is 4. The van der Waals surface area contributed by atoms with Crippen LogP contribution in [0.4, 0.5) is 0 Å². The fourth-order valence-corrected chi connectivity index (χ4v) is 3.16. The lowest BCUT2D eigenvalue weighted by Gasteiger charge is -2.17. The highest BCUT2D eigenvalue weighted by atomic mass is 35.5. The Hall–Kier alpha value is -1.87. The van der Waals surface area contributed by atoms with E-state index in [4.69, 9.17) is 11.6 Å². The quantitative estimate of drug-likeness (QED) is 0.762. The summed E-state index contributed by atoms with van der Waals surface area (Å²) < 4.78 is 1.52. The minimum absolute atomic E-state index is 0.0731. The van der Waals surface area contributed by atoms with E-state index < -0.39 is 0 Å². The van der Waals surface area contributed by atoms with Crippen LogP contribution in [0.15, 0.2) is 53.3 Å². The summed E-state index contributed by atoms with van der Waals surface area (Å²) in [4.78, 5) is 12.0. The molecule has 0 atom stereocenters. The van der Waals surface area contributed by atoms with Gasteiger partial charge in [0.15, 0.2) is 0 Å². The van der Waals surface area contributed by atoms with Crippen LogP contribution in [0.3, 0.4) is 0 Å². The molecule has 0 radical (unpaired) electrons. The molecule has 0 bridgehead atoms. The van der Waals surface area contributed by atoms with Crippen molar-refractivity contribution in [1.82, 2.24) is 9.78 Å². The molecule has 1 aromatic heterocycles. The van der Waals surface area contributed by atoms with Gasteiger partial charge in [-0.25, -0.2) is 4.68 Å². The van der Waals surface area contributed by atoms with E-state index in [0.29, 0.717) is 17.5 Å². The average Bonchev–Trinajstić information content (AvgIpc) is 2.58. The number of hydrogen-bond donors (Lipinski definition) is 0. The van der Waals surface area contributed by atoms with Gasteiger partial charge in [0.1, 0.15) is 0 Å². The molecule has 3 rings (SSSR count). The Morgan fingerprint density at radius 3 is 2.57 bits per heavy atom. The molecule has 0 aliphatic heterocycles. The molecule has 0 amide bonds. The Balaban J connectivity index is 1.74. The summed E-state index contributed by atoms with van der Waals surface area (Å²) in [5, 5.41) is 5.16. The zero-order chi connectivity index (χ0) is 16.1. The molecule has 0 spiro atoms. The van der Waals surface area contributed by atoms with E-state index in [9.17, 15) is 4.79 Å². The predicted octanol–water partition coefficient (Wildman–Crippen LogP) is 4.70. The van der Waals surface area contributed by atoms with Crippen molar-refractivity contribution in [2.24, 2.45) is 5.92 Å². The molecule has 3 nitrogen and oxygen atoms in total. The van der Waals surface area contributed by atoms with Gasteiger partial charge in [-0.1, -0.05) is 55.1 Å². The normalized spacial score (nSPS) is 16.0. The molecule has 1 aliphatic carbocycles. The molecule has 1 heterocycles. The molecular formula is C19H21ClN2O. The second kappa shape index (κ2) is 7.60. The standard InChI is InChI=1S/C19H21ClN2O/c20-17-10-8-16(9-11-17)18-12-13-19(23)22(21-18)14-4-7-15-5-2-1-3-6-15/h4,7-13,15H,1-3,5-6,14H2. The van der Waals surface area contributed by atoms with Crippen molar-refractivity contribution >= 4 is 11.6 Å². The van der Waals surface area contributed by atoms with Crippen LogP contribution < -0.4 is 5.56 Å². The van der Waals surface area contributed by atoms with E-state index in [0.717, 1.165) is 11.3 Å². The maximum atomic E-state index is 12.0. The van der Waals surface area contributed by atoms with Crippen molar-refractivity contribution < 1.29 is 0 Å². The summed E-state index contributed by atoms with van der Waals surface area (Å²) in [5.41, 5.74) is 1.67. The molecule has 1 aromatic carbocycles. The number of allylic oxidation sites excluding steroid dienone is 2. The topological polar surface area (TPSA) is 34.9 Å². The molecule has 0 unspecified atom stereocenters. The third kappa shape index (κ3) is 4.32. The summed E-state index contributed by atoms with van der Waals surface area (Å²) in [7, 11) is 0. The third-order valence-electron chi connectivity index (χ3n) is 4.34. The van der Waals surface area contributed by atoms with Gasteiger partial charge >= 0.3 is 0 Å². The average molecular weight is 329 g/mol. The van der Waals surface area contributed by atoms with E-state index in [1.807, 2.05) is 24.3 Å². The molecule has 4 heteroatoms. The smallest absolute Gasteiger partial charge is 0.267 e. The van der Waals surface area contributed by atoms with Crippen molar-refractivity contribution in [3.05, 3.63) is 63.9 Å². The van der Waals surface area contributed by atoms with Crippen molar-refractivity contribution in [3.63, 3.8) is 0 Å². The van der Waals surface area contributed by atoms with E-state index >= 15 is 0 Å². The molecule has 1 aliphatic rings. The molecule has 120 valence electrons. The first-order chi connectivity index (χ1) is 11.2. The highest BCUT2D eigenvalue weighted by molar-refractivity contribution is 6.30. The number of nitrogens with zero attached hydrogens (tertiary/aromatic N) is 2. The molecule has 1 saturated carbocycles. The Morgan fingerprint density at radius 1 is 1.09 bits per heavy atom. The van der Waals surface area contributed by atoms with Crippen LogP contribution in [0.1, 0.15) is 32.1 Å². The molecule has 2 aromatic rings. The third-order valence-corrected chi connectivity index (χ3v) is 4.60. The lowest BCUT2D eigenvalue weighted by molar-refractivity contribution is 0.418. The van der Waals surface area contributed by atoms with Gasteiger partial charge in [0, 0.05) is 16.7 Å². The van der Waals surface area contributed by atoms with Gasteiger partial charge < -0.3 is 0 Å². The predicted molar refractivity (Wildman–Crippen MR) is 94.7 cm³/mol. The van der Waals surface area contributed by atoms with Crippen molar-refractivity contribution in [1.29, 1.82) is 0 Å². The van der Waals surface area contributed by atoms with Gasteiger partial charge in [-0.2, -0.15) is 5.10 Å². The molecule has 23 heavy (non-hydrogen) atoms. The summed E-state index contributed by atoms with van der Waals surface area (Å²) in [6, 6.07) is 10.8. The summed E-state index contributed by atoms with van der Waals surface area (Å²) in [6.45, 7) is 0.525. The van der Waals surface area contributed by atoms with E-state index in [-0.39, 0.29) is 5.56 Å². The van der Waals surface area contributed by atoms with Gasteiger partial charge in [-0.15, -0.1) is 0 Å². The van der Waals surface area contributed by atoms with Crippen LogP contribution in [-0.4, -0.2) is 9.78 Å². The monoisotopic (exact) mass is 328 g/mol. The lowest BCUT2D eigenvalue weighted by Crippen LogP contribution is -2.21. The van der Waals surface area contributed by atoms with Gasteiger partial charge in [0.05, 0.1) is 12.2 Å². The summed E-state index contributed by atoms with van der Waals surface area (Å²) >= 11 is 5.91. The Labute approximate surface area is 141 Å². The minimum Gasteiger partial charge on any atom is -0.268 e. The summed E-state index contributed by atoms with van der Waals surface area (Å²) in [5.74, 6) is 0.666. The minimum atomic E-state index is -0.0731.